The minimum atomic E-state index is -0.108. The molecular formula is C21H17Cl2N3O3S. The first-order chi connectivity index (χ1) is 14.2. The van der Waals surface area contributed by atoms with Crippen LogP contribution in [-0.2, 0) is 11.2 Å². The van der Waals surface area contributed by atoms with Crippen LogP contribution in [-0.4, -0.2) is 28.5 Å². The molecule has 2 aromatic heterocycles. The largest absolute Gasteiger partial charge is 0.486 e. The number of halogens is 2. The van der Waals surface area contributed by atoms with E-state index in [9.17, 15) is 4.79 Å². The first kappa shape index (κ1) is 20.5. The first-order valence-corrected chi connectivity index (χ1v) is 10.3. The minimum absolute atomic E-state index is 0. The number of imidazole rings is 1. The number of hydrogen-bond acceptors (Lipinski definition) is 5. The number of rotatable bonds is 4. The van der Waals surface area contributed by atoms with Gasteiger partial charge in [0.1, 0.15) is 13.2 Å². The van der Waals surface area contributed by atoms with E-state index in [2.05, 4.69) is 10.3 Å². The second kappa shape index (κ2) is 8.55. The summed E-state index contributed by atoms with van der Waals surface area (Å²) in [6, 6.07) is 12.9. The van der Waals surface area contributed by atoms with Gasteiger partial charge in [-0.05, 0) is 24.3 Å². The molecule has 30 heavy (non-hydrogen) atoms. The molecule has 1 amide bonds. The predicted octanol–water partition coefficient (Wildman–Crippen LogP) is 5.09. The van der Waals surface area contributed by atoms with E-state index < -0.39 is 0 Å². The van der Waals surface area contributed by atoms with Gasteiger partial charge < -0.3 is 14.8 Å². The van der Waals surface area contributed by atoms with Gasteiger partial charge in [-0.3, -0.25) is 9.20 Å². The van der Waals surface area contributed by atoms with Crippen molar-refractivity contribution in [2.24, 2.45) is 0 Å². The first-order valence-electron chi connectivity index (χ1n) is 9.07. The Morgan fingerprint density at radius 2 is 1.90 bits per heavy atom. The van der Waals surface area contributed by atoms with Gasteiger partial charge in [0.05, 0.1) is 12.1 Å². The lowest BCUT2D eigenvalue weighted by atomic mass is 10.2. The topological polar surface area (TPSA) is 64.9 Å². The van der Waals surface area contributed by atoms with Crippen molar-refractivity contribution < 1.29 is 14.3 Å². The van der Waals surface area contributed by atoms with Gasteiger partial charge in [-0.1, -0.05) is 23.7 Å². The number of anilines is 1. The number of hydrogen-bond donors (Lipinski definition) is 1. The zero-order chi connectivity index (χ0) is 19.8. The molecule has 3 heterocycles. The second-order valence-corrected chi connectivity index (χ2v) is 7.87. The van der Waals surface area contributed by atoms with Crippen molar-refractivity contribution in [3.63, 3.8) is 0 Å². The van der Waals surface area contributed by atoms with Crippen LogP contribution in [0.2, 0.25) is 5.02 Å². The van der Waals surface area contributed by atoms with E-state index in [1.165, 1.54) is 11.3 Å². The average molecular weight is 462 g/mol. The molecule has 2 aromatic carbocycles. The fourth-order valence-electron chi connectivity index (χ4n) is 3.21. The molecule has 0 spiro atoms. The fraction of sp³-hybridized carbons (Fsp3) is 0.143. The maximum atomic E-state index is 12.6. The van der Waals surface area contributed by atoms with Crippen molar-refractivity contribution in [1.82, 2.24) is 9.38 Å². The summed E-state index contributed by atoms with van der Waals surface area (Å²) in [6.07, 6.45) is 2.19. The van der Waals surface area contributed by atoms with Crippen LogP contribution in [0.3, 0.4) is 0 Å². The number of carbonyl (C=O) groups excluding carboxylic acids is 1. The molecule has 9 heteroatoms. The SMILES string of the molecule is Cl.O=C(Cc1csc2nc(-c3ccc(Cl)cc3)cn12)Nc1ccc2c(c1)OCCO2. The van der Waals surface area contributed by atoms with Gasteiger partial charge in [-0.2, -0.15) is 0 Å². The predicted molar refractivity (Wildman–Crippen MR) is 121 cm³/mol. The van der Waals surface area contributed by atoms with Gasteiger partial charge in [0, 0.05) is 39.6 Å². The lowest BCUT2D eigenvalue weighted by molar-refractivity contribution is -0.115. The molecule has 5 rings (SSSR count). The van der Waals surface area contributed by atoms with E-state index in [0.29, 0.717) is 35.4 Å². The summed E-state index contributed by atoms with van der Waals surface area (Å²) in [7, 11) is 0. The summed E-state index contributed by atoms with van der Waals surface area (Å²) in [4.78, 5) is 18.1. The van der Waals surface area contributed by atoms with Crippen molar-refractivity contribution >= 4 is 51.9 Å². The highest BCUT2D eigenvalue weighted by Crippen LogP contribution is 2.32. The van der Waals surface area contributed by atoms with E-state index in [4.69, 9.17) is 21.1 Å². The van der Waals surface area contributed by atoms with E-state index in [1.54, 1.807) is 12.1 Å². The van der Waals surface area contributed by atoms with Crippen molar-refractivity contribution in [3.05, 3.63) is 64.8 Å². The number of nitrogens with zero attached hydrogens (tertiary/aromatic N) is 2. The Kier molecular flexibility index (Phi) is 5.85. The van der Waals surface area contributed by atoms with Gasteiger partial charge in [-0.15, -0.1) is 23.7 Å². The third-order valence-electron chi connectivity index (χ3n) is 4.59. The van der Waals surface area contributed by atoms with Crippen LogP contribution in [0, 0.1) is 0 Å². The zero-order valence-electron chi connectivity index (χ0n) is 15.6. The van der Waals surface area contributed by atoms with E-state index in [1.807, 2.05) is 46.3 Å². The van der Waals surface area contributed by atoms with Crippen LogP contribution >= 0.6 is 35.3 Å². The highest BCUT2D eigenvalue weighted by molar-refractivity contribution is 7.15. The molecular weight excluding hydrogens is 445 g/mol. The molecule has 0 bridgehead atoms. The van der Waals surface area contributed by atoms with Crippen molar-refractivity contribution in [1.29, 1.82) is 0 Å². The van der Waals surface area contributed by atoms with Crippen molar-refractivity contribution in [2.75, 3.05) is 18.5 Å². The van der Waals surface area contributed by atoms with Crippen molar-refractivity contribution in [2.45, 2.75) is 6.42 Å². The van der Waals surface area contributed by atoms with Gasteiger partial charge in [-0.25, -0.2) is 4.98 Å². The maximum Gasteiger partial charge on any atom is 0.230 e. The number of thiazole rings is 1. The van der Waals surface area contributed by atoms with Gasteiger partial charge in [0.25, 0.3) is 0 Å². The standard InChI is InChI=1S/C21H16ClN3O3S.ClH/c22-14-3-1-13(2-4-14)17-11-25-16(12-29-21(25)24-17)10-20(26)23-15-5-6-18-19(9-15)28-8-7-27-18;/h1-6,9,11-12H,7-8,10H2,(H,23,26);1H. The fourth-order valence-corrected chi connectivity index (χ4v) is 4.21. The number of fused-ring (bicyclic) bond motifs is 2. The number of amides is 1. The molecule has 1 aliphatic heterocycles. The molecule has 6 nitrogen and oxygen atoms in total. The molecule has 0 atom stereocenters. The quantitative estimate of drug-likeness (QED) is 0.459. The lowest BCUT2D eigenvalue weighted by Crippen LogP contribution is -2.17. The lowest BCUT2D eigenvalue weighted by Gasteiger charge is -2.19. The summed E-state index contributed by atoms with van der Waals surface area (Å²) in [5.74, 6) is 1.24. The zero-order valence-corrected chi connectivity index (χ0v) is 18.0. The number of aromatic nitrogens is 2. The molecule has 0 aliphatic carbocycles. The molecule has 1 aliphatic rings. The highest BCUT2D eigenvalue weighted by Gasteiger charge is 2.15. The smallest absolute Gasteiger partial charge is 0.230 e. The Balaban J connectivity index is 0.00000218. The summed E-state index contributed by atoms with van der Waals surface area (Å²) in [6.45, 7) is 1.05. The highest BCUT2D eigenvalue weighted by atomic mass is 35.5. The Morgan fingerprint density at radius 1 is 1.13 bits per heavy atom. The third kappa shape index (κ3) is 4.09. The van der Waals surface area contributed by atoms with E-state index in [0.717, 1.165) is 21.9 Å². The summed E-state index contributed by atoms with van der Waals surface area (Å²) >= 11 is 7.47. The van der Waals surface area contributed by atoms with Gasteiger partial charge >= 0.3 is 0 Å². The maximum absolute atomic E-state index is 12.6. The Bertz CT molecular complexity index is 1200. The molecule has 0 saturated carbocycles. The van der Waals surface area contributed by atoms with Crippen LogP contribution in [0.15, 0.2) is 54.0 Å². The van der Waals surface area contributed by atoms with Crippen LogP contribution in [0.4, 0.5) is 5.69 Å². The number of nitrogens with one attached hydrogen (secondary N) is 1. The van der Waals surface area contributed by atoms with E-state index >= 15 is 0 Å². The van der Waals surface area contributed by atoms with Gasteiger partial charge in [0.15, 0.2) is 16.5 Å². The summed E-state index contributed by atoms with van der Waals surface area (Å²) < 4.78 is 13.0. The monoisotopic (exact) mass is 461 g/mol. The van der Waals surface area contributed by atoms with Crippen LogP contribution in [0.25, 0.3) is 16.2 Å². The van der Waals surface area contributed by atoms with Crippen LogP contribution in [0.1, 0.15) is 5.69 Å². The average Bonchev–Trinajstić information content (AvgIpc) is 3.30. The molecule has 0 unspecified atom stereocenters. The number of carbonyl (C=O) groups is 1. The molecule has 0 saturated heterocycles. The minimum Gasteiger partial charge on any atom is -0.486 e. The Hall–Kier alpha value is -2.74. The number of ether oxygens (including phenoxy) is 2. The van der Waals surface area contributed by atoms with E-state index in [-0.39, 0.29) is 24.7 Å². The second-order valence-electron chi connectivity index (χ2n) is 6.60. The normalized spacial score (nSPS) is 12.4. The molecule has 4 aromatic rings. The Labute approximate surface area is 187 Å². The van der Waals surface area contributed by atoms with Crippen molar-refractivity contribution in [3.8, 4) is 22.8 Å². The third-order valence-corrected chi connectivity index (χ3v) is 5.73. The summed E-state index contributed by atoms with van der Waals surface area (Å²) in [5.41, 5.74) is 3.39. The van der Waals surface area contributed by atoms with Crippen LogP contribution in [0.5, 0.6) is 11.5 Å². The van der Waals surface area contributed by atoms with Gasteiger partial charge in [0.2, 0.25) is 5.91 Å². The molecule has 154 valence electrons. The Morgan fingerprint density at radius 3 is 2.70 bits per heavy atom. The molecule has 1 N–H and O–H groups in total. The van der Waals surface area contributed by atoms with Crippen LogP contribution < -0.4 is 14.8 Å². The summed E-state index contributed by atoms with van der Waals surface area (Å²) in [5, 5.41) is 5.56. The molecule has 0 fully saturated rings. The number of benzene rings is 2. The molecule has 0 radical (unpaired) electrons.